The van der Waals surface area contributed by atoms with Gasteiger partial charge in [-0.3, -0.25) is 14.3 Å². The Morgan fingerprint density at radius 2 is 1.81 bits per heavy atom. The smallest absolute Gasteiger partial charge is 0.256 e. The molecule has 1 aliphatic rings. The second-order valence-electron chi connectivity index (χ2n) is 7.51. The van der Waals surface area contributed by atoms with E-state index < -0.39 is 0 Å². The number of aryl methyl sites for hydroxylation is 1. The molecule has 0 unspecified atom stereocenters. The van der Waals surface area contributed by atoms with E-state index in [2.05, 4.69) is 15.4 Å². The number of hydrogen-bond acceptors (Lipinski definition) is 5. The minimum absolute atomic E-state index is 0.113. The summed E-state index contributed by atoms with van der Waals surface area (Å²) in [6.07, 6.45) is 4.16. The van der Waals surface area contributed by atoms with Crippen LogP contribution in [-0.2, 0) is 13.5 Å². The Morgan fingerprint density at radius 1 is 1.10 bits per heavy atom. The molecule has 1 aliphatic heterocycles. The van der Waals surface area contributed by atoms with Gasteiger partial charge in [0.05, 0.1) is 19.0 Å². The number of nitrogens with zero attached hydrogens (tertiary/aromatic N) is 4. The highest BCUT2D eigenvalue weighted by Gasteiger charge is 2.24. The molecule has 2 amide bonds. The normalized spacial score (nSPS) is 12.2. The monoisotopic (exact) mass is 417 g/mol. The first-order valence-corrected chi connectivity index (χ1v) is 9.77. The number of fused-ring (bicyclic) bond motifs is 1. The first kappa shape index (κ1) is 20.3. The Hall–Kier alpha value is -3.94. The van der Waals surface area contributed by atoms with Crippen LogP contribution >= 0.6 is 0 Å². The average molecular weight is 417 g/mol. The highest BCUT2D eigenvalue weighted by molar-refractivity contribution is 6.10. The summed E-state index contributed by atoms with van der Waals surface area (Å²) in [6.45, 7) is 0. The predicted octanol–water partition coefficient (Wildman–Crippen LogP) is 2.81. The number of amides is 2. The Kier molecular flexibility index (Phi) is 5.29. The zero-order chi connectivity index (χ0) is 22.1. The molecule has 8 nitrogen and oxygen atoms in total. The summed E-state index contributed by atoms with van der Waals surface area (Å²) in [7, 11) is 6.85. The van der Waals surface area contributed by atoms with E-state index in [0.717, 1.165) is 28.1 Å². The van der Waals surface area contributed by atoms with Crippen LogP contribution in [0.15, 0.2) is 53.8 Å². The maximum atomic E-state index is 12.7. The molecule has 2 heterocycles. The molecule has 0 spiro atoms. The first-order chi connectivity index (χ1) is 14.9. The van der Waals surface area contributed by atoms with Gasteiger partial charge < -0.3 is 15.0 Å². The lowest BCUT2D eigenvalue weighted by Crippen LogP contribution is -2.30. The van der Waals surface area contributed by atoms with Gasteiger partial charge in [-0.1, -0.05) is 0 Å². The predicted molar refractivity (Wildman–Crippen MR) is 118 cm³/mol. The van der Waals surface area contributed by atoms with E-state index in [1.165, 1.54) is 4.90 Å². The van der Waals surface area contributed by atoms with E-state index in [4.69, 9.17) is 4.74 Å². The number of amidine groups is 1. The maximum Gasteiger partial charge on any atom is 0.256 e. The van der Waals surface area contributed by atoms with Crippen molar-refractivity contribution in [3.05, 3.63) is 65.5 Å². The Balaban J connectivity index is 1.58. The molecule has 0 bridgehead atoms. The fourth-order valence-electron chi connectivity index (χ4n) is 3.54. The zero-order valence-corrected chi connectivity index (χ0v) is 17.8. The topological polar surface area (TPSA) is 88.8 Å². The summed E-state index contributed by atoms with van der Waals surface area (Å²) >= 11 is 0. The van der Waals surface area contributed by atoms with Crippen LogP contribution in [0.1, 0.15) is 26.3 Å². The number of ether oxygens (including phenoxy) is 1. The minimum Gasteiger partial charge on any atom is -0.496 e. The van der Waals surface area contributed by atoms with E-state index >= 15 is 0 Å². The third kappa shape index (κ3) is 3.92. The number of aliphatic imine (C=N–C) groups is 1. The Labute approximate surface area is 180 Å². The van der Waals surface area contributed by atoms with Crippen molar-refractivity contribution < 1.29 is 14.3 Å². The molecule has 4 rings (SSSR count). The van der Waals surface area contributed by atoms with Gasteiger partial charge in [0.25, 0.3) is 11.8 Å². The molecular weight excluding hydrogens is 394 g/mol. The molecule has 1 aromatic heterocycles. The fourth-order valence-corrected chi connectivity index (χ4v) is 3.54. The third-order valence-corrected chi connectivity index (χ3v) is 5.12. The number of benzene rings is 2. The second kappa shape index (κ2) is 8.06. The third-order valence-electron chi connectivity index (χ3n) is 5.12. The van der Waals surface area contributed by atoms with Crippen molar-refractivity contribution in [2.75, 3.05) is 21.2 Å². The second-order valence-corrected chi connectivity index (χ2v) is 7.51. The number of carbonyl (C=O) groups excluding carboxylic acids is 2. The highest BCUT2D eigenvalue weighted by atomic mass is 16.5. The summed E-state index contributed by atoms with van der Waals surface area (Å²) in [6, 6.07) is 10.4. The fraction of sp³-hybridized carbons (Fsp3) is 0.217. The number of hydrogen-bond donors (Lipinski definition) is 1. The van der Waals surface area contributed by atoms with E-state index in [0.29, 0.717) is 23.4 Å². The summed E-state index contributed by atoms with van der Waals surface area (Å²) < 4.78 is 7.24. The van der Waals surface area contributed by atoms with Crippen molar-refractivity contribution in [1.29, 1.82) is 0 Å². The molecule has 8 heteroatoms. The summed E-state index contributed by atoms with van der Waals surface area (Å²) in [4.78, 5) is 31.0. The largest absolute Gasteiger partial charge is 0.496 e. The van der Waals surface area contributed by atoms with E-state index in [-0.39, 0.29) is 11.8 Å². The Morgan fingerprint density at radius 3 is 2.42 bits per heavy atom. The van der Waals surface area contributed by atoms with Crippen molar-refractivity contribution in [3.8, 4) is 16.9 Å². The number of rotatable bonds is 4. The molecule has 0 saturated carbocycles. The standard InChI is InChI=1S/C23H23N5O3/c1-27(2)23(30)15-7-5-14(6-8-15)22(29)26-20-11-18-19(31-4)10-9-17(21(18)25-20)16-12-24-28(3)13-16/h5-10,12-13H,11H2,1-4H3,(H,25,26,29). The zero-order valence-electron chi connectivity index (χ0n) is 17.8. The van der Waals surface area contributed by atoms with E-state index in [1.54, 1.807) is 56.3 Å². The SMILES string of the molecule is COc1ccc(-c2cnn(C)c2)c2c1CC(NC(=O)c1ccc(C(=O)N(C)C)cc1)=N2. The van der Waals surface area contributed by atoms with Crippen molar-refractivity contribution in [2.45, 2.75) is 6.42 Å². The van der Waals surface area contributed by atoms with Crippen LogP contribution in [0.25, 0.3) is 11.1 Å². The summed E-state index contributed by atoms with van der Waals surface area (Å²) in [5.74, 6) is 0.875. The van der Waals surface area contributed by atoms with Gasteiger partial charge in [-0.25, -0.2) is 4.99 Å². The van der Waals surface area contributed by atoms with Gasteiger partial charge >= 0.3 is 0 Å². The van der Waals surface area contributed by atoms with Crippen LogP contribution in [0.5, 0.6) is 5.75 Å². The van der Waals surface area contributed by atoms with E-state index in [9.17, 15) is 9.59 Å². The van der Waals surface area contributed by atoms with Crippen molar-refractivity contribution in [1.82, 2.24) is 20.0 Å². The molecular formula is C23H23N5O3. The lowest BCUT2D eigenvalue weighted by Gasteiger charge is -2.10. The molecule has 0 radical (unpaired) electrons. The van der Waals surface area contributed by atoms with Crippen molar-refractivity contribution in [2.24, 2.45) is 12.0 Å². The molecule has 0 aliphatic carbocycles. The van der Waals surface area contributed by atoms with Crippen LogP contribution < -0.4 is 10.1 Å². The summed E-state index contributed by atoms with van der Waals surface area (Å²) in [5, 5.41) is 7.13. The Bertz CT molecular complexity index is 1190. The van der Waals surface area contributed by atoms with Crippen LogP contribution in [0.3, 0.4) is 0 Å². The lowest BCUT2D eigenvalue weighted by atomic mass is 10.0. The minimum atomic E-state index is -0.280. The molecule has 2 aromatic carbocycles. The van der Waals surface area contributed by atoms with Crippen LogP contribution in [0, 0.1) is 0 Å². The van der Waals surface area contributed by atoms with Gasteiger partial charge in [-0.2, -0.15) is 5.10 Å². The molecule has 3 aromatic rings. The quantitative estimate of drug-likeness (QED) is 0.707. The number of methoxy groups -OCH3 is 1. The van der Waals surface area contributed by atoms with Gasteiger partial charge in [-0.15, -0.1) is 0 Å². The molecule has 1 N–H and O–H groups in total. The molecule has 0 fully saturated rings. The maximum absolute atomic E-state index is 12.7. The first-order valence-electron chi connectivity index (χ1n) is 9.77. The average Bonchev–Trinajstić information content (AvgIpc) is 3.38. The van der Waals surface area contributed by atoms with Gasteiger partial charge in [0.2, 0.25) is 0 Å². The lowest BCUT2D eigenvalue weighted by molar-refractivity contribution is 0.0826. The van der Waals surface area contributed by atoms with Crippen LogP contribution in [-0.4, -0.2) is 53.5 Å². The number of carbonyl (C=O) groups is 2. The number of nitrogens with one attached hydrogen (secondary N) is 1. The highest BCUT2D eigenvalue weighted by Crippen LogP contribution is 2.41. The molecule has 0 saturated heterocycles. The van der Waals surface area contributed by atoms with Crippen molar-refractivity contribution in [3.63, 3.8) is 0 Å². The van der Waals surface area contributed by atoms with Crippen LogP contribution in [0.4, 0.5) is 5.69 Å². The van der Waals surface area contributed by atoms with Gasteiger partial charge in [-0.05, 0) is 36.4 Å². The van der Waals surface area contributed by atoms with Crippen LogP contribution in [0.2, 0.25) is 0 Å². The van der Waals surface area contributed by atoms with Gasteiger partial charge in [0.15, 0.2) is 0 Å². The van der Waals surface area contributed by atoms with Crippen molar-refractivity contribution >= 4 is 23.3 Å². The number of aromatic nitrogens is 2. The van der Waals surface area contributed by atoms with E-state index in [1.807, 2.05) is 25.4 Å². The molecule has 0 atom stereocenters. The summed E-state index contributed by atoms with van der Waals surface area (Å²) in [5.41, 5.74) is 4.55. The van der Waals surface area contributed by atoms with Gasteiger partial charge in [0, 0.05) is 61.6 Å². The molecule has 158 valence electrons. The molecule has 31 heavy (non-hydrogen) atoms. The van der Waals surface area contributed by atoms with Gasteiger partial charge in [0.1, 0.15) is 11.6 Å².